The van der Waals surface area contributed by atoms with Crippen LogP contribution in [0.15, 0.2) is 18.2 Å². The smallest absolute Gasteiger partial charge is 0.306 e. The van der Waals surface area contributed by atoms with E-state index in [1.807, 2.05) is 6.07 Å². The number of rotatable bonds is 7. The van der Waals surface area contributed by atoms with Crippen LogP contribution in [0.3, 0.4) is 0 Å². The van der Waals surface area contributed by atoms with E-state index in [9.17, 15) is 9.00 Å². The predicted molar refractivity (Wildman–Crippen MR) is 77.5 cm³/mol. The minimum Gasteiger partial charge on any atom is -0.493 e. The maximum atomic E-state index is 12.1. The van der Waals surface area contributed by atoms with Gasteiger partial charge in [-0.1, -0.05) is 13.0 Å². The second-order valence-corrected chi connectivity index (χ2v) is 6.16. The first kappa shape index (κ1) is 16.5. The first-order valence-corrected chi connectivity index (χ1v) is 7.55. The molecule has 0 N–H and O–H groups in total. The summed E-state index contributed by atoms with van der Waals surface area (Å²) in [5.41, 5.74) is 0.873. The molecule has 112 valence electrons. The molecular formula is C14H20O5S. The van der Waals surface area contributed by atoms with Gasteiger partial charge in [0.25, 0.3) is 0 Å². The van der Waals surface area contributed by atoms with Gasteiger partial charge in [0.2, 0.25) is 0 Å². The van der Waals surface area contributed by atoms with Crippen LogP contribution in [0.2, 0.25) is 0 Å². The highest BCUT2D eigenvalue weighted by Crippen LogP contribution is 2.28. The SMILES string of the molecule is COC(=O)CC(C)S(=O)Cc1ccc(OC)c(OC)c1. The number of carbonyl (C=O) groups is 1. The van der Waals surface area contributed by atoms with E-state index in [0.29, 0.717) is 17.3 Å². The molecule has 2 unspecified atom stereocenters. The largest absolute Gasteiger partial charge is 0.493 e. The number of methoxy groups -OCH3 is 3. The maximum Gasteiger partial charge on any atom is 0.306 e. The summed E-state index contributed by atoms with van der Waals surface area (Å²) in [6.07, 6.45) is 0.149. The van der Waals surface area contributed by atoms with E-state index in [2.05, 4.69) is 4.74 Å². The lowest BCUT2D eigenvalue weighted by Gasteiger charge is -2.12. The molecule has 0 bridgehead atoms. The Balaban J connectivity index is 2.73. The number of carbonyl (C=O) groups excluding carboxylic acids is 1. The standard InChI is InChI=1S/C14H20O5S/c1-10(7-14(15)19-4)20(16)9-11-5-6-12(17-2)13(8-11)18-3/h5-6,8,10H,7,9H2,1-4H3. The molecule has 0 heterocycles. The predicted octanol–water partition coefficient (Wildman–Crippen LogP) is 1.90. The van der Waals surface area contributed by atoms with Crippen LogP contribution in [0.25, 0.3) is 0 Å². The van der Waals surface area contributed by atoms with E-state index in [0.717, 1.165) is 5.56 Å². The summed E-state index contributed by atoms with van der Waals surface area (Å²) < 4.78 is 27.1. The third kappa shape index (κ3) is 4.52. The molecule has 1 aromatic rings. The maximum absolute atomic E-state index is 12.1. The molecule has 0 saturated carbocycles. The Bertz CT molecular complexity index is 486. The van der Waals surface area contributed by atoms with Crippen LogP contribution >= 0.6 is 0 Å². The van der Waals surface area contributed by atoms with Crippen molar-refractivity contribution in [1.29, 1.82) is 0 Å². The Morgan fingerprint density at radius 1 is 1.20 bits per heavy atom. The average molecular weight is 300 g/mol. The fraction of sp³-hybridized carbons (Fsp3) is 0.500. The average Bonchev–Trinajstić information content (AvgIpc) is 2.46. The second kappa shape index (κ2) is 7.89. The molecule has 0 aliphatic rings. The fourth-order valence-electron chi connectivity index (χ4n) is 1.69. The highest BCUT2D eigenvalue weighted by atomic mass is 32.2. The van der Waals surface area contributed by atoms with E-state index in [4.69, 9.17) is 9.47 Å². The molecule has 5 nitrogen and oxygen atoms in total. The van der Waals surface area contributed by atoms with Crippen LogP contribution in [0, 0.1) is 0 Å². The first-order chi connectivity index (χ1) is 9.51. The number of hydrogen-bond donors (Lipinski definition) is 0. The van der Waals surface area contributed by atoms with Gasteiger partial charge in [-0.2, -0.15) is 0 Å². The molecule has 1 aromatic carbocycles. The molecule has 0 amide bonds. The van der Waals surface area contributed by atoms with Crippen LogP contribution in [0.1, 0.15) is 18.9 Å². The molecule has 0 saturated heterocycles. The number of hydrogen-bond acceptors (Lipinski definition) is 5. The van der Waals surface area contributed by atoms with Gasteiger partial charge in [0, 0.05) is 21.8 Å². The van der Waals surface area contributed by atoms with Gasteiger partial charge in [-0.15, -0.1) is 0 Å². The quantitative estimate of drug-likeness (QED) is 0.720. The van der Waals surface area contributed by atoms with Gasteiger partial charge in [-0.3, -0.25) is 9.00 Å². The molecule has 2 atom stereocenters. The van der Waals surface area contributed by atoms with E-state index < -0.39 is 10.8 Å². The van der Waals surface area contributed by atoms with Gasteiger partial charge in [-0.25, -0.2) is 0 Å². The highest BCUT2D eigenvalue weighted by molar-refractivity contribution is 7.84. The Morgan fingerprint density at radius 3 is 2.40 bits per heavy atom. The van der Waals surface area contributed by atoms with Gasteiger partial charge < -0.3 is 14.2 Å². The lowest BCUT2D eigenvalue weighted by molar-refractivity contribution is -0.140. The zero-order valence-corrected chi connectivity index (χ0v) is 13.0. The van der Waals surface area contributed by atoms with E-state index in [1.165, 1.54) is 7.11 Å². The second-order valence-electron chi connectivity index (χ2n) is 4.31. The van der Waals surface area contributed by atoms with Crippen molar-refractivity contribution in [2.24, 2.45) is 0 Å². The third-order valence-corrected chi connectivity index (χ3v) is 4.57. The summed E-state index contributed by atoms with van der Waals surface area (Å²) >= 11 is 0. The van der Waals surface area contributed by atoms with Crippen molar-refractivity contribution in [3.63, 3.8) is 0 Å². The van der Waals surface area contributed by atoms with Gasteiger partial charge in [0.15, 0.2) is 11.5 Å². The van der Waals surface area contributed by atoms with Gasteiger partial charge in [-0.05, 0) is 17.7 Å². The lowest BCUT2D eigenvalue weighted by atomic mass is 10.2. The van der Waals surface area contributed by atoms with E-state index in [1.54, 1.807) is 33.3 Å². The number of ether oxygens (including phenoxy) is 3. The molecule has 1 rings (SSSR count). The number of esters is 1. The Hall–Kier alpha value is -1.56. The summed E-state index contributed by atoms with van der Waals surface area (Å²) in [4.78, 5) is 11.2. The summed E-state index contributed by atoms with van der Waals surface area (Å²) in [5, 5.41) is -0.254. The Morgan fingerprint density at radius 2 is 1.85 bits per heavy atom. The number of benzene rings is 1. The van der Waals surface area contributed by atoms with E-state index in [-0.39, 0.29) is 17.6 Å². The summed E-state index contributed by atoms with van der Waals surface area (Å²) in [7, 11) is 3.29. The Kier molecular flexibility index (Phi) is 6.51. The molecule has 0 aromatic heterocycles. The Labute approximate surface area is 121 Å². The summed E-state index contributed by atoms with van der Waals surface area (Å²) in [6, 6.07) is 5.40. The third-order valence-electron chi connectivity index (χ3n) is 2.89. The van der Waals surface area contributed by atoms with Crippen LogP contribution in [0.4, 0.5) is 0 Å². The van der Waals surface area contributed by atoms with Crippen LogP contribution in [-0.4, -0.2) is 36.8 Å². The van der Waals surface area contributed by atoms with Crippen molar-refractivity contribution in [2.45, 2.75) is 24.3 Å². The van der Waals surface area contributed by atoms with Crippen LogP contribution in [0.5, 0.6) is 11.5 Å². The van der Waals surface area contributed by atoms with Crippen molar-refractivity contribution >= 4 is 16.8 Å². The topological polar surface area (TPSA) is 61.8 Å². The molecule has 0 fully saturated rings. The molecule has 0 spiro atoms. The van der Waals surface area contributed by atoms with Gasteiger partial charge in [0.05, 0.1) is 27.8 Å². The monoisotopic (exact) mass is 300 g/mol. The molecule has 6 heteroatoms. The zero-order valence-electron chi connectivity index (χ0n) is 12.2. The van der Waals surface area contributed by atoms with Gasteiger partial charge in [0.1, 0.15) is 0 Å². The van der Waals surface area contributed by atoms with E-state index >= 15 is 0 Å². The minimum atomic E-state index is -1.15. The van der Waals surface area contributed by atoms with Gasteiger partial charge >= 0.3 is 5.97 Å². The normalized spacial score (nSPS) is 13.4. The lowest BCUT2D eigenvalue weighted by Crippen LogP contribution is -2.18. The molecule has 0 aliphatic carbocycles. The summed E-state index contributed by atoms with van der Waals surface area (Å²) in [6.45, 7) is 1.77. The van der Waals surface area contributed by atoms with Crippen molar-refractivity contribution < 1.29 is 23.2 Å². The minimum absolute atomic E-state index is 0.149. The zero-order chi connectivity index (χ0) is 15.1. The van der Waals surface area contributed by atoms with Crippen molar-refractivity contribution in [1.82, 2.24) is 0 Å². The van der Waals surface area contributed by atoms with Crippen molar-refractivity contribution in [3.8, 4) is 11.5 Å². The van der Waals surface area contributed by atoms with Crippen molar-refractivity contribution in [2.75, 3.05) is 21.3 Å². The molecule has 0 aliphatic heterocycles. The molecular weight excluding hydrogens is 280 g/mol. The van der Waals surface area contributed by atoms with Crippen LogP contribution < -0.4 is 9.47 Å². The van der Waals surface area contributed by atoms with Crippen LogP contribution in [-0.2, 0) is 26.1 Å². The molecule has 20 heavy (non-hydrogen) atoms. The molecule has 0 radical (unpaired) electrons. The highest BCUT2D eigenvalue weighted by Gasteiger charge is 2.17. The fourth-order valence-corrected chi connectivity index (χ4v) is 2.80. The summed E-state index contributed by atoms with van der Waals surface area (Å²) in [5.74, 6) is 1.24. The van der Waals surface area contributed by atoms with Crippen molar-refractivity contribution in [3.05, 3.63) is 23.8 Å². The first-order valence-electron chi connectivity index (χ1n) is 6.16.